The normalized spacial score (nSPS) is 11.5. The zero-order valence-corrected chi connectivity index (χ0v) is 10.2. The van der Waals surface area contributed by atoms with Gasteiger partial charge < -0.3 is 10.6 Å². The molecule has 2 heteroatoms. The molecule has 0 fully saturated rings. The quantitative estimate of drug-likeness (QED) is 0.823. The summed E-state index contributed by atoms with van der Waals surface area (Å²) >= 11 is 0. The van der Waals surface area contributed by atoms with Crippen LogP contribution in [0.2, 0.25) is 0 Å². The molecule has 2 N–H and O–H groups in total. The third-order valence-corrected chi connectivity index (χ3v) is 2.33. The molecule has 2 nitrogen and oxygen atoms in total. The fourth-order valence-electron chi connectivity index (χ4n) is 1.85. The van der Waals surface area contributed by atoms with Crippen molar-refractivity contribution in [3.8, 4) is 0 Å². The van der Waals surface area contributed by atoms with Crippen LogP contribution in [0.25, 0.3) is 0 Å². The second kappa shape index (κ2) is 4.67. The molecular formula is C13H22N2. The van der Waals surface area contributed by atoms with Gasteiger partial charge in [-0.1, -0.05) is 39.0 Å². The SMILES string of the molecule is CN(CC(C)(C)C)c1ccccc1CN. The lowest BCUT2D eigenvalue weighted by molar-refractivity contribution is 0.418. The van der Waals surface area contributed by atoms with E-state index in [0.717, 1.165) is 6.54 Å². The maximum absolute atomic E-state index is 5.73. The van der Waals surface area contributed by atoms with E-state index < -0.39 is 0 Å². The van der Waals surface area contributed by atoms with Gasteiger partial charge in [-0.15, -0.1) is 0 Å². The standard InChI is InChI=1S/C13H22N2/c1-13(2,3)10-15(4)12-8-6-5-7-11(12)9-14/h5-8H,9-10,14H2,1-4H3. The van der Waals surface area contributed by atoms with Gasteiger partial charge in [0.1, 0.15) is 0 Å². The van der Waals surface area contributed by atoms with Crippen molar-refractivity contribution >= 4 is 5.69 Å². The molecule has 0 amide bonds. The molecule has 1 rings (SSSR count). The fourth-order valence-corrected chi connectivity index (χ4v) is 1.85. The molecule has 0 heterocycles. The Morgan fingerprint density at radius 1 is 1.20 bits per heavy atom. The Morgan fingerprint density at radius 3 is 2.33 bits per heavy atom. The first-order chi connectivity index (χ1) is 6.94. The van der Waals surface area contributed by atoms with Crippen LogP contribution in [0.1, 0.15) is 26.3 Å². The van der Waals surface area contributed by atoms with Crippen LogP contribution in [-0.4, -0.2) is 13.6 Å². The summed E-state index contributed by atoms with van der Waals surface area (Å²) in [6, 6.07) is 8.33. The predicted octanol–water partition coefficient (Wildman–Crippen LogP) is 2.63. The summed E-state index contributed by atoms with van der Waals surface area (Å²) < 4.78 is 0. The highest BCUT2D eigenvalue weighted by Gasteiger charge is 2.15. The molecule has 1 aromatic rings. The summed E-state index contributed by atoms with van der Waals surface area (Å²) in [7, 11) is 2.12. The molecule has 0 aliphatic rings. The maximum Gasteiger partial charge on any atom is 0.0409 e. The van der Waals surface area contributed by atoms with Gasteiger partial charge in [0.15, 0.2) is 0 Å². The lowest BCUT2D eigenvalue weighted by atomic mass is 9.95. The molecule has 1 aromatic carbocycles. The van der Waals surface area contributed by atoms with Crippen molar-refractivity contribution in [2.45, 2.75) is 27.3 Å². The van der Waals surface area contributed by atoms with Crippen molar-refractivity contribution in [3.63, 3.8) is 0 Å². The maximum atomic E-state index is 5.73. The first kappa shape index (κ1) is 12.1. The molecule has 0 unspecified atom stereocenters. The molecule has 0 aliphatic carbocycles. The highest BCUT2D eigenvalue weighted by Crippen LogP contribution is 2.23. The third-order valence-electron chi connectivity index (χ3n) is 2.33. The Labute approximate surface area is 93.1 Å². The van der Waals surface area contributed by atoms with Crippen molar-refractivity contribution < 1.29 is 0 Å². The van der Waals surface area contributed by atoms with Crippen molar-refractivity contribution in [3.05, 3.63) is 29.8 Å². The summed E-state index contributed by atoms with van der Waals surface area (Å²) in [5.41, 5.74) is 8.49. The molecule has 0 aromatic heterocycles. The number of para-hydroxylation sites is 1. The van der Waals surface area contributed by atoms with Gasteiger partial charge in [-0.2, -0.15) is 0 Å². The Bertz CT molecular complexity index is 313. The van der Waals surface area contributed by atoms with E-state index in [1.807, 2.05) is 6.07 Å². The van der Waals surface area contributed by atoms with Gasteiger partial charge in [-0.25, -0.2) is 0 Å². The number of hydrogen-bond acceptors (Lipinski definition) is 2. The minimum atomic E-state index is 0.302. The number of benzene rings is 1. The third kappa shape index (κ3) is 3.56. The van der Waals surface area contributed by atoms with E-state index in [4.69, 9.17) is 5.73 Å². The zero-order valence-electron chi connectivity index (χ0n) is 10.2. The number of rotatable bonds is 3. The topological polar surface area (TPSA) is 29.3 Å². The molecule has 84 valence electrons. The number of hydrogen-bond donors (Lipinski definition) is 1. The molecule has 0 atom stereocenters. The zero-order chi connectivity index (χ0) is 11.5. The monoisotopic (exact) mass is 206 g/mol. The van der Waals surface area contributed by atoms with E-state index in [1.54, 1.807) is 0 Å². The van der Waals surface area contributed by atoms with Crippen molar-refractivity contribution in [2.24, 2.45) is 11.1 Å². The van der Waals surface area contributed by atoms with E-state index in [0.29, 0.717) is 12.0 Å². The van der Waals surface area contributed by atoms with Crippen LogP contribution >= 0.6 is 0 Å². The molecule has 0 saturated carbocycles. The number of nitrogens with two attached hydrogens (primary N) is 1. The van der Waals surface area contributed by atoms with Crippen LogP contribution in [-0.2, 0) is 6.54 Å². The van der Waals surface area contributed by atoms with Gasteiger partial charge in [0, 0.05) is 25.8 Å². The first-order valence-electron chi connectivity index (χ1n) is 5.43. The van der Waals surface area contributed by atoms with Crippen LogP contribution in [0.5, 0.6) is 0 Å². The molecule has 0 aliphatic heterocycles. The number of anilines is 1. The molecule has 0 spiro atoms. The van der Waals surface area contributed by atoms with Gasteiger partial charge in [0.25, 0.3) is 0 Å². The van der Waals surface area contributed by atoms with E-state index in [-0.39, 0.29) is 0 Å². The molecular weight excluding hydrogens is 184 g/mol. The minimum Gasteiger partial charge on any atom is -0.374 e. The molecule has 15 heavy (non-hydrogen) atoms. The fraction of sp³-hybridized carbons (Fsp3) is 0.538. The van der Waals surface area contributed by atoms with Crippen LogP contribution in [0, 0.1) is 5.41 Å². The largest absolute Gasteiger partial charge is 0.374 e. The smallest absolute Gasteiger partial charge is 0.0409 e. The summed E-state index contributed by atoms with van der Waals surface area (Å²) in [5.74, 6) is 0. The highest BCUT2D eigenvalue weighted by atomic mass is 15.1. The molecule has 0 bridgehead atoms. The highest BCUT2D eigenvalue weighted by molar-refractivity contribution is 5.53. The van der Waals surface area contributed by atoms with E-state index in [2.05, 4.69) is 50.9 Å². The van der Waals surface area contributed by atoms with Crippen molar-refractivity contribution in [2.75, 3.05) is 18.5 Å². The first-order valence-corrected chi connectivity index (χ1v) is 5.43. The Kier molecular flexibility index (Phi) is 3.75. The van der Waals surface area contributed by atoms with E-state index >= 15 is 0 Å². The van der Waals surface area contributed by atoms with Crippen molar-refractivity contribution in [1.82, 2.24) is 0 Å². The summed E-state index contributed by atoms with van der Waals surface area (Å²) in [6.07, 6.45) is 0. The lowest BCUT2D eigenvalue weighted by Crippen LogP contribution is -2.30. The second-order valence-corrected chi connectivity index (χ2v) is 5.25. The minimum absolute atomic E-state index is 0.302. The lowest BCUT2D eigenvalue weighted by Gasteiger charge is -2.29. The van der Waals surface area contributed by atoms with Gasteiger partial charge in [-0.05, 0) is 17.0 Å². The number of nitrogens with zero attached hydrogens (tertiary/aromatic N) is 1. The summed E-state index contributed by atoms with van der Waals surface area (Å²) in [6.45, 7) is 8.37. The summed E-state index contributed by atoms with van der Waals surface area (Å²) in [4.78, 5) is 2.28. The molecule has 0 radical (unpaired) electrons. The Morgan fingerprint density at radius 2 is 1.80 bits per heavy atom. The average Bonchev–Trinajstić information content (AvgIpc) is 2.15. The van der Waals surface area contributed by atoms with Crippen LogP contribution in [0.4, 0.5) is 5.69 Å². The summed E-state index contributed by atoms with van der Waals surface area (Å²) in [5, 5.41) is 0. The van der Waals surface area contributed by atoms with E-state index in [9.17, 15) is 0 Å². The van der Waals surface area contributed by atoms with Crippen LogP contribution in [0.3, 0.4) is 0 Å². The van der Waals surface area contributed by atoms with Gasteiger partial charge >= 0.3 is 0 Å². The van der Waals surface area contributed by atoms with Crippen LogP contribution < -0.4 is 10.6 Å². The van der Waals surface area contributed by atoms with Crippen LogP contribution in [0.15, 0.2) is 24.3 Å². The van der Waals surface area contributed by atoms with Crippen molar-refractivity contribution in [1.29, 1.82) is 0 Å². The predicted molar refractivity (Wildman–Crippen MR) is 67.1 cm³/mol. The molecule has 0 saturated heterocycles. The Balaban J connectivity index is 2.86. The van der Waals surface area contributed by atoms with Gasteiger partial charge in [0.2, 0.25) is 0 Å². The second-order valence-electron chi connectivity index (χ2n) is 5.25. The Hall–Kier alpha value is -1.02. The van der Waals surface area contributed by atoms with Gasteiger partial charge in [-0.3, -0.25) is 0 Å². The van der Waals surface area contributed by atoms with Gasteiger partial charge in [0.05, 0.1) is 0 Å². The van der Waals surface area contributed by atoms with E-state index in [1.165, 1.54) is 11.3 Å². The average molecular weight is 206 g/mol.